The lowest BCUT2D eigenvalue weighted by atomic mass is 10.1. The normalized spacial score (nSPS) is 22.5. The molecular weight excluding hydrogens is 295 g/mol. The predicted octanol–water partition coefficient (Wildman–Crippen LogP) is 2.25. The van der Waals surface area contributed by atoms with Gasteiger partial charge in [-0.15, -0.1) is 5.10 Å². The van der Waals surface area contributed by atoms with E-state index in [1.807, 2.05) is 6.07 Å². The molecule has 23 heavy (non-hydrogen) atoms. The number of amides is 1. The number of rotatable bonds is 3. The van der Waals surface area contributed by atoms with Crippen molar-refractivity contribution in [3.63, 3.8) is 0 Å². The molecule has 0 saturated carbocycles. The Morgan fingerprint density at radius 2 is 2.09 bits per heavy atom. The summed E-state index contributed by atoms with van der Waals surface area (Å²) in [5.74, 6) is -0.486. The van der Waals surface area contributed by atoms with E-state index in [4.69, 9.17) is 0 Å². The average molecular weight is 318 g/mol. The molecule has 2 aliphatic rings. The van der Waals surface area contributed by atoms with Crippen LogP contribution >= 0.6 is 0 Å². The van der Waals surface area contributed by atoms with Crippen LogP contribution in [-0.4, -0.2) is 28.3 Å². The van der Waals surface area contributed by atoms with Gasteiger partial charge in [-0.2, -0.15) is 4.39 Å². The van der Waals surface area contributed by atoms with Gasteiger partial charge in [-0.25, -0.2) is 0 Å². The molecule has 0 spiro atoms. The van der Waals surface area contributed by atoms with Crippen molar-refractivity contribution in [3.8, 4) is 0 Å². The van der Waals surface area contributed by atoms with Crippen molar-refractivity contribution in [1.82, 2.24) is 20.4 Å². The zero-order valence-electron chi connectivity index (χ0n) is 13.4. The molecule has 1 amide bonds. The van der Waals surface area contributed by atoms with E-state index in [0.717, 1.165) is 23.2 Å². The Hall–Kier alpha value is -1.95. The average Bonchev–Trinajstić information content (AvgIpc) is 3.05. The molecule has 2 bridgehead atoms. The Balaban J connectivity index is 0.000000162. The molecule has 0 aliphatic carbocycles. The van der Waals surface area contributed by atoms with Gasteiger partial charge in [0.25, 0.3) is 0 Å². The number of piperidine rings is 1. The number of carbonyl (C=O) groups is 1. The summed E-state index contributed by atoms with van der Waals surface area (Å²) in [5, 5.41) is 10.3. The number of nitrogens with zero attached hydrogens (tertiary/aromatic N) is 2. The van der Waals surface area contributed by atoms with E-state index in [0.29, 0.717) is 18.3 Å². The van der Waals surface area contributed by atoms with Crippen molar-refractivity contribution >= 4 is 17.3 Å². The van der Waals surface area contributed by atoms with Gasteiger partial charge in [-0.3, -0.25) is 9.48 Å². The number of benzene rings is 1. The number of aryl methyl sites for hydroxylation is 1. The van der Waals surface area contributed by atoms with Crippen molar-refractivity contribution in [2.45, 2.75) is 50.7 Å². The number of hydrogen-bond donors (Lipinski definition) is 2. The summed E-state index contributed by atoms with van der Waals surface area (Å²) in [6.07, 6.45) is 7.87. The van der Waals surface area contributed by atoms with E-state index in [2.05, 4.69) is 15.7 Å². The summed E-state index contributed by atoms with van der Waals surface area (Å²) in [5.41, 5.74) is 1.59. The van der Waals surface area contributed by atoms with Crippen LogP contribution in [-0.2, 0) is 18.4 Å². The zero-order chi connectivity index (χ0) is 16.2. The Morgan fingerprint density at radius 3 is 2.74 bits per heavy atom. The van der Waals surface area contributed by atoms with E-state index in [9.17, 15) is 9.18 Å². The molecule has 4 rings (SSSR count). The Bertz CT molecular complexity index is 671. The first-order chi connectivity index (χ1) is 11.2. The van der Waals surface area contributed by atoms with Crippen LogP contribution < -0.4 is 10.6 Å². The van der Waals surface area contributed by atoms with Crippen LogP contribution in [0.5, 0.6) is 0 Å². The number of aromatic nitrogens is 2. The molecule has 3 heterocycles. The van der Waals surface area contributed by atoms with Crippen LogP contribution in [0.1, 0.15) is 37.7 Å². The standard InChI is InChI=1S/C10H10FN3O.C7H13N/c1-14-9-3-2-7(5-12-6-15)4-8(9)10(11)13-14;1-2-6-4-5-7(3-1)8-6/h2-4,6H,5H2,1H3,(H,12,15);6-8H,1-5H2/t;6-,7+. The minimum absolute atomic E-state index is 0.397. The highest BCUT2D eigenvalue weighted by molar-refractivity contribution is 5.80. The number of carbonyl (C=O) groups excluding carboxylic acids is 1. The SMILES string of the molecule is C1C[C@@H]2CC[C@H](C1)N2.Cn1nc(F)c2cc(CNC=O)ccc21. The van der Waals surface area contributed by atoms with Gasteiger partial charge >= 0.3 is 0 Å². The summed E-state index contributed by atoms with van der Waals surface area (Å²) < 4.78 is 14.8. The maximum atomic E-state index is 13.3. The minimum Gasteiger partial charge on any atom is -0.355 e. The Kier molecular flexibility index (Phi) is 4.91. The molecular formula is C17H23FN4O. The Morgan fingerprint density at radius 1 is 1.35 bits per heavy atom. The lowest BCUT2D eigenvalue weighted by Crippen LogP contribution is -2.33. The molecule has 2 aliphatic heterocycles. The quantitative estimate of drug-likeness (QED) is 0.854. The number of halogens is 1. The number of hydrogen-bond acceptors (Lipinski definition) is 3. The summed E-state index contributed by atoms with van der Waals surface area (Å²) in [6, 6.07) is 7.13. The topological polar surface area (TPSA) is 59.0 Å². The van der Waals surface area contributed by atoms with Crippen LogP contribution in [0.4, 0.5) is 4.39 Å². The molecule has 0 unspecified atom stereocenters. The number of fused-ring (bicyclic) bond motifs is 3. The van der Waals surface area contributed by atoms with Gasteiger partial charge in [-0.05, 0) is 43.4 Å². The second kappa shape index (κ2) is 7.08. The van der Waals surface area contributed by atoms with E-state index < -0.39 is 5.95 Å². The van der Waals surface area contributed by atoms with E-state index >= 15 is 0 Å². The van der Waals surface area contributed by atoms with Crippen molar-refractivity contribution in [1.29, 1.82) is 0 Å². The van der Waals surface area contributed by atoms with Gasteiger partial charge in [0.2, 0.25) is 12.4 Å². The van der Waals surface area contributed by atoms with Gasteiger partial charge in [0.05, 0.1) is 10.9 Å². The summed E-state index contributed by atoms with van der Waals surface area (Å²) in [4.78, 5) is 10.1. The van der Waals surface area contributed by atoms with Crippen LogP contribution in [0, 0.1) is 5.95 Å². The van der Waals surface area contributed by atoms with Crippen LogP contribution in [0.25, 0.3) is 10.9 Å². The lowest BCUT2D eigenvalue weighted by Gasteiger charge is -2.19. The van der Waals surface area contributed by atoms with Gasteiger partial charge in [0, 0.05) is 25.7 Å². The molecule has 6 heteroatoms. The predicted molar refractivity (Wildman–Crippen MR) is 87.4 cm³/mol. The third kappa shape index (κ3) is 3.69. The molecule has 2 saturated heterocycles. The first-order valence-electron chi connectivity index (χ1n) is 8.21. The van der Waals surface area contributed by atoms with Gasteiger partial charge < -0.3 is 10.6 Å². The van der Waals surface area contributed by atoms with E-state index in [-0.39, 0.29) is 0 Å². The smallest absolute Gasteiger partial charge is 0.240 e. The van der Waals surface area contributed by atoms with Crippen molar-refractivity contribution in [3.05, 3.63) is 29.7 Å². The lowest BCUT2D eigenvalue weighted by molar-refractivity contribution is -0.109. The van der Waals surface area contributed by atoms with Crippen molar-refractivity contribution in [2.75, 3.05) is 0 Å². The fraction of sp³-hybridized carbons (Fsp3) is 0.529. The second-order valence-corrected chi connectivity index (χ2v) is 6.33. The third-order valence-electron chi connectivity index (χ3n) is 4.70. The van der Waals surface area contributed by atoms with E-state index in [1.54, 1.807) is 19.2 Å². The zero-order valence-corrected chi connectivity index (χ0v) is 13.4. The van der Waals surface area contributed by atoms with Gasteiger partial charge in [0.1, 0.15) is 0 Å². The van der Waals surface area contributed by atoms with Crippen LogP contribution in [0.3, 0.4) is 0 Å². The summed E-state index contributed by atoms with van der Waals surface area (Å²) in [6.45, 7) is 0.397. The molecule has 2 fully saturated rings. The largest absolute Gasteiger partial charge is 0.355 e. The highest BCUT2D eigenvalue weighted by Crippen LogP contribution is 2.25. The maximum absolute atomic E-state index is 13.3. The third-order valence-corrected chi connectivity index (χ3v) is 4.70. The Labute approximate surface area is 135 Å². The molecule has 5 nitrogen and oxygen atoms in total. The molecule has 1 aromatic carbocycles. The summed E-state index contributed by atoms with van der Waals surface area (Å²) in [7, 11) is 1.69. The first-order valence-corrected chi connectivity index (χ1v) is 8.21. The van der Waals surface area contributed by atoms with E-state index in [1.165, 1.54) is 36.8 Å². The maximum Gasteiger partial charge on any atom is 0.240 e. The first kappa shape index (κ1) is 15.9. The highest BCUT2D eigenvalue weighted by Gasteiger charge is 2.26. The molecule has 124 valence electrons. The molecule has 2 atom stereocenters. The fourth-order valence-corrected chi connectivity index (χ4v) is 3.51. The minimum atomic E-state index is -0.486. The monoisotopic (exact) mass is 318 g/mol. The molecule has 2 N–H and O–H groups in total. The van der Waals surface area contributed by atoms with Crippen molar-refractivity contribution < 1.29 is 9.18 Å². The van der Waals surface area contributed by atoms with Crippen LogP contribution in [0.2, 0.25) is 0 Å². The van der Waals surface area contributed by atoms with Gasteiger partial charge in [-0.1, -0.05) is 12.5 Å². The van der Waals surface area contributed by atoms with Gasteiger partial charge in [0.15, 0.2) is 0 Å². The molecule has 0 radical (unpaired) electrons. The van der Waals surface area contributed by atoms with Crippen molar-refractivity contribution in [2.24, 2.45) is 7.05 Å². The van der Waals surface area contributed by atoms with Crippen LogP contribution in [0.15, 0.2) is 18.2 Å². The fourth-order valence-electron chi connectivity index (χ4n) is 3.51. The second-order valence-electron chi connectivity index (χ2n) is 6.33. The molecule has 1 aromatic heterocycles. The highest BCUT2D eigenvalue weighted by atomic mass is 19.1. The number of nitrogens with one attached hydrogen (secondary N) is 2. The summed E-state index contributed by atoms with van der Waals surface area (Å²) >= 11 is 0. The molecule has 2 aromatic rings.